The van der Waals surface area contributed by atoms with Crippen molar-refractivity contribution in [2.45, 2.75) is 49.9 Å². The molecule has 32 heavy (non-hydrogen) atoms. The van der Waals surface area contributed by atoms with Gasteiger partial charge in [0, 0.05) is 5.70 Å². The van der Waals surface area contributed by atoms with E-state index in [1.807, 2.05) is 0 Å². The highest BCUT2D eigenvalue weighted by Crippen LogP contribution is 2.37. The number of hydrogen-bond donors (Lipinski definition) is 3. The summed E-state index contributed by atoms with van der Waals surface area (Å²) in [4.78, 5) is 6.79. The predicted octanol–water partition coefficient (Wildman–Crippen LogP) is 3.51. The highest BCUT2D eigenvalue weighted by molar-refractivity contribution is 8.14. The second-order valence-electron chi connectivity index (χ2n) is 9.45. The molecule has 2 aliphatic carbocycles. The van der Waals surface area contributed by atoms with E-state index in [4.69, 9.17) is 5.73 Å². The minimum Gasteiger partial charge on any atom is -0.391 e. The molecular weight excluding hydrogens is 430 g/mol. The smallest absolute Gasteiger partial charge is 0.163 e. The number of aliphatic imine (C=N–C) groups is 1. The third kappa shape index (κ3) is 5.19. The van der Waals surface area contributed by atoms with Gasteiger partial charge in [0.1, 0.15) is 18.2 Å². The molecule has 0 aromatic heterocycles. The van der Waals surface area contributed by atoms with Gasteiger partial charge in [-0.1, -0.05) is 36.9 Å². The van der Waals surface area contributed by atoms with Crippen molar-refractivity contribution in [1.82, 2.24) is 10.2 Å². The van der Waals surface area contributed by atoms with E-state index in [2.05, 4.69) is 47.4 Å². The number of allylic oxidation sites excluding steroid dienone is 6. The molecule has 0 amide bonds. The number of alkyl halides is 1. The Labute approximate surface area is 193 Å². The first-order valence-corrected chi connectivity index (χ1v) is 12.4. The number of amidine groups is 1. The number of thioether (sulfide) groups is 1. The zero-order valence-corrected chi connectivity index (χ0v) is 19.5. The number of halogens is 2. The molecule has 0 radical (unpaired) electrons. The number of piperidine rings is 1. The standard InChI is InChI=1S/C24H34F2N4OS/c1-14(16-10-12-30(2)13-11-16)15-6-8-17(9-7-15)28-24-29-23(27)22(32-24)21(31)20-18(25)4-3-5-19(20)26/h3-6,8-9,14-16,18,20-23,31H,7,10-13,27H2,1-2H3,(H,28,29)/t14?,15?,18?,20?,21?,22?,23-/m1/s1. The monoisotopic (exact) mass is 464 g/mol. The first-order chi connectivity index (χ1) is 15.3. The number of rotatable bonds is 5. The fraction of sp³-hybridized carbons (Fsp3) is 0.625. The Morgan fingerprint density at radius 3 is 2.72 bits per heavy atom. The maximum absolute atomic E-state index is 14.2. The highest BCUT2D eigenvalue weighted by Gasteiger charge is 2.43. The Hall–Kier alpha value is -1.48. The third-order valence-corrected chi connectivity index (χ3v) is 8.59. The van der Waals surface area contributed by atoms with Crippen molar-refractivity contribution in [3.63, 3.8) is 0 Å². The molecule has 5 nitrogen and oxygen atoms in total. The summed E-state index contributed by atoms with van der Waals surface area (Å²) in [5.41, 5.74) is 7.04. The third-order valence-electron chi connectivity index (χ3n) is 7.33. The first-order valence-electron chi connectivity index (χ1n) is 11.5. The van der Waals surface area contributed by atoms with Crippen LogP contribution in [0, 0.1) is 23.7 Å². The van der Waals surface area contributed by atoms with E-state index in [0.29, 0.717) is 17.0 Å². The van der Waals surface area contributed by atoms with Crippen molar-refractivity contribution in [2.75, 3.05) is 20.1 Å². The molecule has 2 aliphatic heterocycles. The van der Waals surface area contributed by atoms with Crippen molar-refractivity contribution < 1.29 is 13.9 Å². The van der Waals surface area contributed by atoms with Crippen LogP contribution in [0.5, 0.6) is 0 Å². The van der Waals surface area contributed by atoms with Crippen LogP contribution < -0.4 is 11.1 Å². The van der Waals surface area contributed by atoms with Gasteiger partial charge in [-0.2, -0.15) is 0 Å². The molecule has 4 N–H and O–H groups in total. The van der Waals surface area contributed by atoms with E-state index in [1.54, 1.807) is 0 Å². The molecule has 1 saturated heterocycles. The Morgan fingerprint density at radius 2 is 2.06 bits per heavy atom. The van der Waals surface area contributed by atoms with Crippen molar-refractivity contribution >= 4 is 16.9 Å². The lowest BCUT2D eigenvalue weighted by Crippen LogP contribution is -2.44. The van der Waals surface area contributed by atoms with E-state index in [-0.39, 0.29) is 0 Å². The molecule has 2 heterocycles. The van der Waals surface area contributed by atoms with Gasteiger partial charge in [0.2, 0.25) is 0 Å². The molecule has 4 rings (SSSR count). The zero-order valence-electron chi connectivity index (χ0n) is 18.7. The van der Waals surface area contributed by atoms with Crippen molar-refractivity contribution in [1.29, 1.82) is 0 Å². The van der Waals surface area contributed by atoms with Crippen LogP contribution in [0.1, 0.15) is 26.2 Å². The van der Waals surface area contributed by atoms with Gasteiger partial charge in [0.15, 0.2) is 5.17 Å². The van der Waals surface area contributed by atoms with Gasteiger partial charge in [0.05, 0.1) is 17.3 Å². The van der Waals surface area contributed by atoms with Crippen LogP contribution >= 0.6 is 11.8 Å². The van der Waals surface area contributed by atoms with E-state index < -0.39 is 35.4 Å². The average Bonchev–Trinajstić information content (AvgIpc) is 3.14. The summed E-state index contributed by atoms with van der Waals surface area (Å²) in [5.74, 6) is 0.0323. The highest BCUT2D eigenvalue weighted by atomic mass is 32.2. The van der Waals surface area contributed by atoms with Crippen LogP contribution in [-0.2, 0) is 0 Å². The van der Waals surface area contributed by atoms with Crippen LogP contribution in [0.2, 0.25) is 0 Å². The minimum absolute atomic E-state index is 0.527. The van der Waals surface area contributed by atoms with E-state index in [0.717, 1.165) is 18.0 Å². The quantitative estimate of drug-likeness (QED) is 0.581. The fourth-order valence-corrected chi connectivity index (χ4v) is 6.24. The Bertz CT molecular complexity index is 834. The maximum atomic E-state index is 14.2. The first kappa shape index (κ1) is 23.7. The van der Waals surface area contributed by atoms with Crippen molar-refractivity contribution in [3.05, 3.63) is 48.0 Å². The molecule has 0 aromatic carbocycles. The number of nitrogens with zero attached hydrogens (tertiary/aromatic N) is 2. The fourth-order valence-electron chi connectivity index (χ4n) is 5.11. The Morgan fingerprint density at radius 1 is 1.31 bits per heavy atom. The van der Waals surface area contributed by atoms with Gasteiger partial charge in [-0.3, -0.25) is 0 Å². The number of nitrogens with one attached hydrogen (secondary N) is 1. The zero-order chi connectivity index (χ0) is 22.8. The van der Waals surface area contributed by atoms with Crippen LogP contribution in [0.15, 0.2) is 53.0 Å². The summed E-state index contributed by atoms with van der Waals surface area (Å²) in [6.07, 6.45) is 10.2. The summed E-state index contributed by atoms with van der Waals surface area (Å²) < 4.78 is 28.3. The molecule has 0 saturated carbocycles. The molecule has 0 bridgehead atoms. The number of nitrogens with two attached hydrogens (primary N) is 1. The van der Waals surface area contributed by atoms with Crippen LogP contribution in [-0.4, -0.2) is 59.0 Å². The van der Waals surface area contributed by atoms with Crippen LogP contribution in [0.25, 0.3) is 0 Å². The summed E-state index contributed by atoms with van der Waals surface area (Å²) >= 11 is 1.25. The minimum atomic E-state index is -1.58. The van der Waals surface area contributed by atoms with Crippen LogP contribution in [0.4, 0.5) is 8.78 Å². The van der Waals surface area contributed by atoms with Gasteiger partial charge in [-0.15, -0.1) is 0 Å². The van der Waals surface area contributed by atoms with Gasteiger partial charge >= 0.3 is 0 Å². The van der Waals surface area contributed by atoms with Crippen molar-refractivity contribution in [3.8, 4) is 0 Å². The predicted molar refractivity (Wildman–Crippen MR) is 127 cm³/mol. The SMILES string of the molecule is CC(C1C=CC(NC2=N[C@@H](N)C(C(O)C3C(F)=CC=CC3F)S2)=CC1)C1CCN(C)CC1. The van der Waals surface area contributed by atoms with E-state index in [9.17, 15) is 13.9 Å². The second kappa shape index (κ2) is 10.2. The topological polar surface area (TPSA) is 73.9 Å². The molecule has 0 aromatic rings. The van der Waals surface area contributed by atoms with Crippen LogP contribution in [0.3, 0.4) is 0 Å². The molecule has 8 heteroatoms. The molecule has 0 spiro atoms. The summed E-state index contributed by atoms with van der Waals surface area (Å²) in [6.45, 7) is 4.72. The summed E-state index contributed by atoms with van der Waals surface area (Å²) in [5, 5.41) is 13.9. The number of hydrogen-bond acceptors (Lipinski definition) is 6. The Balaban J connectivity index is 1.30. The molecule has 1 fully saturated rings. The van der Waals surface area contributed by atoms with Gasteiger partial charge in [-0.25, -0.2) is 13.8 Å². The van der Waals surface area contributed by atoms with E-state index >= 15 is 0 Å². The normalized spacial score (nSPS) is 35.8. The number of aliphatic hydroxyl groups is 1. The van der Waals surface area contributed by atoms with Gasteiger partial charge < -0.3 is 21.1 Å². The molecule has 6 unspecified atom stereocenters. The Kier molecular flexibility index (Phi) is 7.54. The van der Waals surface area contributed by atoms with Gasteiger partial charge in [-0.05, 0) is 75.4 Å². The maximum Gasteiger partial charge on any atom is 0.163 e. The lowest BCUT2D eigenvalue weighted by atomic mass is 9.75. The van der Waals surface area contributed by atoms with E-state index in [1.165, 1.54) is 55.9 Å². The average molecular weight is 465 g/mol. The summed E-state index contributed by atoms with van der Waals surface area (Å²) in [7, 11) is 2.19. The summed E-state index contributed by atoms with van der Waals surface area (Å²) in [6, 6.07) is 0. The number of likely N-dealkylation sites (tertiary alicyclic amines) is 1. The largest absolute Gasteiger partial charge is 0.391 e. The molecular formula is C24H34F2N4OS. The van der Waals surface area contributed by atoms with Crippen molar-refractivity contribution in [2.24, 2.45) is 34.4 Å². The lowest BCUT2D eigenvalue weighted by molar-refractivity contribution is 0.0706. The number of aliphatic hydroxyl groups excluding tert-OH is 1. The molecule has 176 valence electrons. The molecule has 4 aliphatic rings. The molecule has 7 atom stereocenters. The van der Waals surface area contributed by atoms with Gasteiger partial charge in [0.25, 0.3) is 0 Å². The second-order valence-corrected chi connectivity index (χ2v) is 10.6. The lowest BCUT2D eigenvalue weighted by Gasteiger charge is -2.36.